The highest BCUT2D eigenvalue weighted by atomic mass is 35.5. The van der Waals surface area contributed by atoms with Gasteiger partial charge in [-0.15, -0.1) is 0 Å². The lowest BCUT2D eigenvalue weighted by molar-refractivity contribution is 0.164. The fraction of sp³-hybridized carbons (Fsp3) is 0.333. The maximum Gasteiger partial charge on any atom is 0.134 e. The van der Waals surface area contributed by atoms with Crippen LogP contribution in [0.4, 0.5) is 0 Å². The molecule has 0 radical (unpaired) electrons. The van der Waals surface area contributed by atoms with Crippen LogP contribution >= 0.6 is 11.6 Å². The van der Waals surface area contributed by atoms with Gasteiger partial charge in [-0.3, -0.25) is 0 Å². The zero-order valence-electron chi connectivity index (χ0n) is 7.24. The minimum atomic E-state index is -0.652. The zero-order chi connectivity index (χ0) is 10.0. The second-order valence-electron chi connectivity index (χ2n) is 2.98. The molecule has 0 unspecified atom stereocenters. The molecule has 0 saturated heterocycles. The summed E-state index contributed by atoms with van der Waals surface area (Å²) in [5, 5.41) is 18.7. The van der Waals surface area contributed by atoms with Gasteiger partial charge in [0.2, 0.25) is 0 Å². The molecule has 0 spiro atoms. The largest absolute Gasteiger partial charge is 0.506 e. The predicted molar refractivity (Wildman–Crippen MR) is 51.7 cm³/mol. The van der Waals surface area contributed by atoms with Crippen LogP contribution in [0.1, 0.15) is 18.5 Å². The van der Waals surface area contributed by atoms with Gasteiger partial charge < -0.3 is 15.9 Å². The Kier molecular flexibility index (Phi) is 3.14. The molecule has 0 aromatic heterocycles. The number of phenols is 1. The summed E-state index contributed by atoms with van der Waals surface area (Å²) < 4.78 is 0. The van der Waals surface area contributed by atoms with Crippen LogP contribution in [0.25, 0.3) is 0 Å². The van der Waals surface area contributed by atoms with E-state index >= 15 is 0 Å². The molecule has 0 aliphatic rings. The monoisotopic (exact) mass is 201 g/mol. The quantitative estimate of drug-likeness (QED) is 0.678. The molecule has 1 rings (SSSR count). The molecule has 72 valence electrons. The first-order valence-electron chi connectivity index (χ1n) is 3.94. The van der Waals surface area contributed by atoms with E-state index in [4.69, 9.17) is 17.3 Å². The van der Waals surface area contributed by atoms with E-state index in [-0.39, 0.29) is 10.8 Å². The van der Waals surface area contributed by atoms with E-state index in [0.29, 0.717) is 5.56 Å². The van der Waals surface area contributed by atoms with Crippen LogP contribution in [-0.4, -0.2) is 16.3 Å². The van der Waals surface area contributed by atoms with Gasteiger partial charge in [0, 0.05) is 0 Å². The number of rotatable bonds is 2. The van der Waals surface area contributed by atoms with Crippen molar-refractivity contribution in [3.05, 3.63) is 28.8 Å². The fourth-order valence-corrected chi connectivity index (χ4v) is 1.13. The average molecular weight is 202 g/mol. The van der Waals surface area contributed by atoms with Crippen LogP contribution < -0.4 is 5.73 Å². The number of aromatic hydroxyl groups is 1. The summed E-state index contributed by atoms with van der Waals surface area (Å²) in [4.78, 5) is 0. The van der Waals surface area contributed by atoms with Crippen molar-refractivity contribution in [1.29, 1.82) is 0 Å². The van der Waals surface area contributed by atoms with E-state index in [9.17, 15) is 10.2 Å². The minimum absolute atomic E-state index is 0.0183. The van der Waals surface area contributed by atoms with Crippen LogP contribution in [0.15, 0.2) is 18.2 Å². The topological polar surface area (TPSA) is 66.5 Å². The van der Waals surface area contributed by atoms with E-state index in [1.165, 1.54) is 6.07 Å². The van der Waals surface area contributed by atoms with Gasteiger partial charge in [-0.2, -0.15) is 0 Å². The molecule has 1 aromatic rings. The first kappa shape index (κ1) is 10.3. The predicted octanol–water partition coefficient (Wildman–Crippen LogP) is 1.43. The van der Waals surface area contributed by atoms with Crippen molar-refractivity contribution < 1.29 is 10.2 Å². The van der Waals surface area contributed by atoms with Gasteiger partial charge in [-0.05, 0) is 24.6 Å². The Balaban J connectivity index is 2.97. The van der Waals surface area contributed by atoms with Gasteiger partial charge >= 0.3 is 0 Å². The minimum Gasteiger partial charge on any atom is -0.506 e. The molecule has 0 amide bonds. The molecular weight excluding hydrogens is 190 g/mol. The van der Waals surface area contributed by atoms with E-state index in [0.717, 1.165) is 0 Å². The molecule has 3 nitrogen and oxygen atoms in total. The number of halogens is 1. The Morgan fingerprint density at radius 2 is 2.08 bits per heavy atom. The Morgan fingerprint density at radius 3 is 2.54 bits per heavy atom. The van der Waals surface area contributed by atoms with E-state index in [1.54, 1.807) is 19.1 Å². The molecule has 13 heavy (non-hydrogen) atoms. The van der Waals surface area contributed by atoms with Crippen LogP contribution in [0.5, 0.6) is 5.75 Å². The standard InChI is InChI=1S/C9H12ClNO2/c1-5(12)9(11)6-2-3-7(10)8(13)4-6/h2-5,9,12-13H,11H2,1H3/t5-,9+/m0/s1. The number of aliphatic hydroxyl groups is 1. The van der Waals surface area contributed by atoms with Gasteiger partial charge in [0.25, 0.3) is 0 Å². The maximum atomic E-state index is 9.26. The first-order valence-corrected chi connectivity index (χ1v) is 4.32. The SMILES string of the molecule is C[C@H](O)[C@@H](N)c1ccc(Cl)c(O)c1. The molecule has 0 fully saturated rings. The first-order chi connectivity index (χ1) is 6.02. The van der Waals surface area contributed by atoms with Crippen LogP contribution in [0.3, 0.4) is 0 Å². The Morgan fingerprint density at radius 1 is 1.46 bits per heavy atom. The lowest BCUT2D eigenvalue weighted by atomic mass is 10.0. The summed E-state index contributed by atoms with van der Waals surface area (Å²) >= 11 is 5.61. The number of hydrogen-bond donors (Lipinski definition) is 3. The lowest BCUT2D eigenvalue weighted by Crippen LogP contribution is -2.22. The molecule has 4 N–H and O–H groups in total. The van der Waals surface area contributed by atoms with E-state index in [2.05, 4.69) is 0 Å². The second-order valence-corrected chi connectivity index (χ2v) is 3.38. The molecule has 4 heteroatoms. The Labute approximate surface area is 81.8 Å². The van der Waals surface area contributed by atoms with Crippen LogP contribution in [-0.2, 0) is 0 Å². The summed E-state index contributed by atoms with van der Waals surface area (Å²) in [5.74, 6) is -0.0183. The summed E-state index contributed by atoms with van der Waals surface area (Å²) in [7, 11) is 0. The van der Waals surface area contributed by atoms with E-state index in [1.807, 2.05) is 0 Å². The van der Waals surface area contributed by atoms with Crippen molar-refractivity contribution in [1.82, 2.24) is 0 Å². The zero-order valence-corrected chi connectivity index (χ0v) is 7.99. The van der Waals surface area contributed by atoms with Crippen molar-refractivity contribution in [3.63, 3.8) is 0 Å². The van der Waals surface area contributed by atoms with E-state index < -0.39 is 12.1 Å². The number of hydrogen-bond acceptors (Lipinski definition) is 3. The number of phenolic OH excluding ortho intramolecular Hbond substituents is 1. The number of benzene rings is 1. The smallest absolute Gasteiger partial charge is 0.134 e. The van der Waals surface area contributed by atoms with Gasteiger partial charge in [0.15, 0.2) is 0 Å². The molecule has 2 atom stereocenters. The highest BCUT2D eigenvalue weighted by Gasteiger charge is 2.12. The maximum absolute atomic E-state index is 9.26. The normalized spacial score (nSPS) is 15.4. The van der Waals surface area contributed by atoms with Crippen molar-refractivity contribution in [2.45, 2.75) is 19.1 Å². The van der Waals surface area contributed by atoms with Crippen molar-refractivity contribution in [2.24, 2.45) is 5.73 Å². The summed E-state index contributed by atoms with van der Waals surface area (Å²) in [6.45, 7) is 1.59. The molecule has 0 saturated carbocycles. The van der Waals surface area contributed by atoms with Gasteiger partial charge in [-0.1, -0.05) is 17.7 Å². The molecule has 0 aliphatic carbocycles. The third-order valence-electron chi connectivity index (χ3n) is 1.87. The Bertz CT molecular complexity index is 302. The average Bonchev–Trinajstić information content (AvgIpc) is 2.08. The Hall–Kier alpha value is -0.770. The van der Waals surface area contributed by atoms with Crippen molar-refractivity contribution in [3.8, 4) is 5.75 Å². The van der Waals surface area contributed by atoms with Gasteiger partial charge in [0.05, 0.1) is 17.2 Å². The van der Waals surface area contributed by atoms with Crippen LogP contribution in [0, 0.1) is 0 Å². The van der Waals surface area contributed by atoms with Crippen molar-refractivity contribution >= 4 is 11.6 Å². The molecule has 1 aromatic carbocycles. The third-order valence-corrected chi connectivity index (χ3v) is 2.19. The second kappa shape index (κ2) is 3.96. The summed E-state index contributed by atoms with van der Waals surface area (Å²) in [5.41, 5.74) is 6.32. The lowest BCUT2D eigenvalue weighted by Gasteiger charge is -2.15. The molecule has 0 bridgehead atoms. The summed E-state index contributed by atoms with van der Waals surface area (Å²) in [6, 6.07) is 4.19. The highest BCUT2D eigenvalue weighted by Crippen LogP contribution is 2.26. The molecule has 0 heterocycles. The van der Waals surface area contributed by atoms with Crippen LogP contribution in [0.2, 0.25) is 5.02 Å². The number of nitrogens with two attached hydrogens (primary N) is 1. The summed E-state index contributed by atoms with van der Waals surface area (Å²) in [6.07, 6.45) is -0.652. The van der Waals surface area contributed by atoms with Gasteiger partial charge in [0.1, 0.15) is 5.75 Å². The molecule has 0 aliphatic heterocycles. The number of aliphatic hydroxyl groups excluding tert-OH is 1. The molecular formula is C9H12ClNO2. The third kappa shape index (κ3) is 2.34. The van der Waals surface area contributed by atoms with Crippen molar-refractivity contribution in [2.75, 3.05) is 0 Å². The van der Waals surface area contributed by atoms with Gasteiger partial charge in [-0.25, -0.2) is 0 Å². The fourth-order valence-electron chi connectivity index (χ4n) is 1.02. The highest BCUT2D eigenvalue weighted by molar-refractivity contribution is 6.32.